The van der Waals surface area contributed by atoms with Crippen LogP contribution < -0.4 is 25.6 Å². The van der Waals surface area contributed by atoms with Crippen LogP contribution in [0.1, 0.15) is 11.1 Å². The summed E-state index contributed by atoms with van der Waals surface area (Å²) in [4.78, 5) is 2.03. The van der Waals surface area contributed by atoms with Gasteiger partial charge in [-0.05, 0) is 30.3 Å². The number of methoxy groups -OCH3 is 2. The van der Waals surface area contributed by atoms with Crippen molar-refractivity contribution < 1.29 is 27.0 Å². The van der Waals surface area contributed by atoms with Crippen LogP contribution in [0.15, 0.2) is 30.3 Å². The number of anilines is 3. The minimum atomic E-state index is -4.61. The summed E-state index contributed by atoms with van der Waals surface area (Å²) in [5.41, 5.74) is 1.63. The molecule has 1 heterocycles. The maximum Gasteiger partial charge on any atom is 0.416 e. The predicted octanol–water partition coefficient (Wildman–Crippen LogP) is 3.80. The van der Waals surface area contributed by atoms with Gasteiger partial charge in [0.15, 0.2) is 6.35 Å². The summed E-state index contributed by atoms with van der Waals surface area (Å²) < 4.78 is 62.9. The smallest absolute Gasteiger partial charge is 0.416 e. The lowest BCUT2D eigenvalue weighted by atomic mass is 10.1. The summed E-state index contributed by atoms with van der Waals surface area (Å²) in [6, 6.07) is 6.05. The molecule has 0 radical (unpaired) electrons. The fourth-order valence-electron chi connectivity index (χ4n) is 3.18. The standard InChI is InChI=1S/C19H22F4N4O2/c1-27-10-25-15-6-7-16(28-2)12(17(15)27)9-24-18(29-3)26-14-5-4-11(8-13(14)20)19(21,22)23/h4-8,18,24-26H,9-10H2,1-3H3. The Morgan fingerprint density at radius 2 is 1.97 bits per heavy atom. The van der Waals surface area contributed by atoms with Crippen molar-refractivity contribution >= 4 is 17.1 Å². The zero-order valence-electron chi connectivity index (χ0n) is 16.2. The third kappa shape index (κ3) is 4.48. The normalized spacial score (nSPS) is 14.4. The van der Waals surface area contributed by atoms with Gasteiger partial charge in [0.1, 0.15) is 11.6 Å². The van der Waals surface area contributed by atoms with Crippen molar-refractivity contribution in [3.8, 4) is 5.75 Å². The maximum atomic E-state index is 14.1. The van der Waals surface area contributed by atoms with E-state index in [1.165, 1.54) is 7.11 Å². The van der Waals surface area contributed by atoms with Crippen LogP contribution in [-0.4, -0.2) is 34.3 Å². The van der Waals surface area contributed by atoms with Gasteiger partial charge in [-0.15, -0.1) is 0 Å². The Morgan fingerprint density at radius 1 is 1.21 bits per heavy atom. The lowest BCUT2D eigenvalue weighted by molar-refractivity contribution is -0.137. The molecule has 2 aromatic carbocycles. The molecule has 1 aliphatic heterocycles. The van der Waals surface area contributed by atoms with Crippen LogP contribution in [-0.2, 0) is 17.5 Å². The third-order valence-electron chi connectivity index (χ3n) is 4.63. The van der Waals surface area contributed by atoms with Gasteiger partial charge in [-0.2, -0.15) is 13.2 Å². The number of ether oxygens (including phenoxy) is 2. The van der Waals surface area contributed by atoms with Crippen LogP contribution in [0.3, 0.4) is 0 Å². The topological polar surface area (TPSA) is 57.8 Å². The van der Waals surface area contributed by atoms with Gasteiger partial charge >= 0.3 is 6.18 Å². The minimum absolute atomic E-state index is 0.110. The van der Waals surface area contributed by atoms with E-state index in [0.29, 0.717) is 25.0 Å². The van der Waals surface area contributed by atoms with E-state index in [0.717, 1.165) is 29.1 Å². The first-order chi connectivity index (χ1) is 13.7. The molecule has 0 saturated heterocycles. The van der Waals surface area contributed by atoms with Gasteiger partial charge in [0.05, 0.1) is 36.4 Å². The van der Waals surface area contributed by atoms with Crippen molar-refractivity contribution in [1.29, 1.82) is 0 Å². The van der Waals surface area contributed by atoms with E-state index in [9.17, 15) is 17.6 Å². The van der Waals surface area contributed by atoms with Gasteiger partial charge in [-0.3, -0.25) is 5.32 Å². The quantitative estimate of drug-likeness (QED) is 0.473. The van der Waals surface area contributed by atoms with E-state index in [1.54, 1.807) is 7.11 Å². The van der Waals surface area contributed by atoms with Crippen LogP contribution in [0.25, 0.3) is 0 Å². The maximum absolute atomic E-state index is 14.1. The van der Waals surface area contributed by atoms with Crippen molar-refractivity contribution in [1.82, 2.24) is 5.32 Å². The van der Waals surface area contributed by atoms with Crippen molar-refractivity contribution in [3.05, 3.63) is 47.3 Å². The average Bonchev–Trinajstić information content (AvgIpc) is 3.06. The third-order valence-corrected chi connectivity index (χ3v) is 4.63. The molecule has 0 amide bonds. The zero-order chi connectivity index (χ0) is 21.2. The number of nitrogens with zero attached hydrogens (tertiary/aromatic N) is 1. The molecule has 158 valence electrons. The van der Waals surface area contributed by atoms with Crippen molar-refractivity contribution in [3.63, 3.8) is 0 Å². The van der Waals surface area contributed by atoms with Gasteiger partial charge in [-0.25, -0.2) is 4.39 Å². The Balaban J connectivity index is 1.75. The molecule has 0 aromatic heterocycles. The van der Waals surface area contributed by atoms with E-state index in [2.05, 4.69) is 16.0 Å². The molecule has 10 heteroatoms. The largest absolute Gasteiger partial charge is 0.496 e. The van der Waals surface area contributed by atoms with Gasteiger partial charge in [-0.1, -0.05) is 0 Å². The van der Waals surface area contributed by atoms with Crippen molar-refractivity contribution in [2.24, 2.45) is 0 Å². The van der Waals surface area contributed by atoms with Crippen LogP contribution in [0.2, 0.25) is 0 Å². The second-order valence-corrected chi connectivity index (χ2v) is 6.51. The Kier molecular flexibility index (Phi) is 6.04. The molecule has 29 heavy (non-hydrogen) atoms. The van der Waals surface area contributed by atoms with Crippen LogP contribution in [0, 0.1) is 5.82 Å². The number of nitrogens with one attached hydrogen (secondary N) is 3. The Hall–Kier alpha value is -2.72. The summed E-state index contributed by atoms with van der Waals surface area (Å²) in [6.45, 7) is 0.963. The van der Waals surface area contributed by atoms with E-state index in [4.69, 9.17) is 9.47 Å². The number of hydrogen-bond donors (Lipinski definition) is 3. The molecular formula is C19H22F4N4O2. The molecule has 0 saturated carbocycles. The van der Waals surface area contributed by atoms with Crippen molar-refractivity contribution in [2.75, 3.05) is 43.5 Å². The molecule has 3 N–H and O–H groups in total. The number of halogens is 4. The first kappa shape index (κ1) is 21.0. The molecule has 6 nitrogen and oxygen atoms in total. The molecule has 0 fully saturated rings. The molecule has 1 atom stereocenters. The Morgan fingerprint density at radius 3 is 2.59 bits per heavy atom. The summed E-state index contributed by atoms with van der Waals surface area (Å²) in [5, 5.41) is 9.05. The highest BCUT2D eigenvalue weighted by molar-refractivity contribution is 5.80. The van der Waals surface area contributed by atoms with E-state index < -0.39 is 23.9 Å². The van der Waals surface area contributed by atoms with Gasteiger partial charge < -0.3 is 25.0 Å². The number of fused-ring (bicyclic) bond motifs is 1. The van der Waals surface area contributed by atoms with Crippen LogP contribution in [0.5, 0.6) is 5.75 Å². The zero-order valence-corrected chi connectivity index (χ0v) is 16.2. The second kappa shape index (κ2) is 8.34. The number of benzene rings is 2. The minimum Gasteiger partial charge on any atom is -0.496 e. The lowest BCUT2D eigenvalue weighted by Gasteiger charge is -2.23. The molecule has 2 aromatic rings. The molecule has 0 aliphatic carbocycles. The van der Waals surface area contributed by atoms with Crippen LogP contribution >= 0.6 is 0 Å². The Labute approximate surface area is 165 Å². The molecule has 1 aliphatic rings. The van der Waals surface area contributed by atoms with Crippen LogP contribution in [0.4, 0.5) is 34.6 Å². The summed E-state index contributed by atoms with van der Waals surface area (Å²) >= 11 is 0. The average molecular weight is 414 g/mol. The summed E-state index contributed by atoms with van der Waals surface area (Å²) in [5.74, 6) is -0.354. The molecule has 1 unspecified atom stereocenters. The summed E-state index contributed by atoms with van der Waals surface area (Å²) in [6.07, 6.45) is -5.45. The highest BCUT2D eigenvalue weighted by Gasteiger charge is 2.31. The van der Waals surface area contributed by atoms with Gasteiger partial charge in [0, 0.05) is 26.3 Å². The highest BCUT2D eigenvalue weighted by Crippen LogP contribution is 2.39. The first-order valence-corrected chi connectivity index (χ1v) is 8.79. The molecular weight excluding hydrogens is 392 g/mol. The van der Waals surface area contributed by atoms with E-state index >= 15 is 0 Å². The monoisotopic (exact) mass is 414 g/mol. The second-order valence-electron chi connectivity index (χ2n) is 6.51. The number of alkyl halides is 3. The SMILES string of the molecule is COc1ccc2c(c1CNC(Nc1ccc(C(F)(F)F)cc1F)OC)N(C)CN2. The summed E-state index contributed by atoms with van der Waals surface area (Å²) in [7, 11) is 4.90. The molecule has 3 rings (SSSR count). The van der Waals surface area contributed by atoms with E-state index in [-0.39, 0.29) is 5.69 Å². The number of rotatable bonds is 7. The van der Waals surface area contributed by atoms with Gasteiger partial charge in [0.2, 0.25) is 0 Å². The molecule has 0 bridgehead atoms. The van der Waals surface area contributed by atoms with Gasteiger partial charge in [0.25, 0.3) is 0 Å². The Bertz CT molecular complexity index is 876. The fraction of sp³-hybridized carbons (Fsp3) is 0.368. The first-order valence-electron chi connectivity index (χ1n) is 8.79. The van der Waals surface area contributed by atoms with E-state index in [1.807, 2.05) is 24.1 Å². The highest BCUT2D eigenvalue weighted by atomic mass is 19.4. The predicted molar refractivity (Wildman–Crippen MR) is 103 cm³/mol. The lowest BCUT2D eigenvalue weighted by Crippen LogP contribution is -2.38. The number of hydrogen-bond acceptors (Lipinski definition) is 6. The molecule has 0 spiro atoms. The van der Waals surface area contributed by atoms with Crippen molar-refractivity contribution in [2.45, 2.75) is 19.1 Å². The fourth-order valence-corrected chi connectivity index (χ4v) is 3.18.